The predicted octanol–water partition coefficient (Wildman–Crippen LogP) is -1.98. The Morgan fingerprint density at radius 1 is 1.18 bits per heavy atom. The summed E-state index contributed by atoms with van der Waals surface area (Å²) >= 11 is 0. The van der Waals surface area contributed by atoms with Crippen molar-refractivity contribution in [2.75, 3.05) is 19.8 Å². The van der Waals surface area contributed by atoms with Gasteiger partial charge >= 0.3 is 43.1 Å². The molecule has 0 saturated carbocycles. The molecular weight excluding hydrogens is 258 g/mol. The molecule has 17 heavy (non-hydrogen) atoms. The van der Waals surface area contributed by atoms with E-state index in [0.29, 0.717) is 0 Å². The van der Waals surface area contributed by atoms with Gasteiger partial charge < -0.3 is 18.9 Å². The molecule has 0 aromatic rings. The van der Waals surface area contributed by atoms with Crippen LogP contribution in [0.15, 0.2) is 11.6 Å². The fourth-order valence-corrected chi connectivity index (χ4v) is 2.40. The second kappa shape index (κ2) is 10.1. The smallest absolute Gasteiger partial charge is 0.877 e. The molecule has 0 atom stereocenters. The summed E-state index contributed by atoms with van der Waals surface area (Å²) in [5, 5.41) is 10.1. The average molecular weight is 274 g/mol. The molecule has 0 heterocycles. The fourth-order valence-electron chi connectivity index (χ4n) is 0.946. The van der Waals surface area contributed by atoms with E-state index in [2.05, 4.69) is 4.74 Å². The molecule has 0 bridgehead atoms. The summed E-state index contributed by atoms with van der Waals surface area (Å²) in [5.41, 5.74) is 0. The second-order valence-electron chi connectivity index (χ2n) is 2.56. The number of carbonyl (C=O) groups excluding carboxylic acids is 1. The topological polar surface area (TPSA) is 84.9 Å². The minimum atomic E-state index is -3.84. The van der Waals surface area contributed by atoms with E-state index in [1.165, 1.54) is 0 Å². The number of rotatable bonds is 7. The van der Waals surface area contributed by atoms with Gasteiger partial charge in [-0.05, 0) is 20.8 Å². The van der Waals surface area contributed by atoms with Crippen LogP contribution in [0.2, 0.25) is 0 Å². The van der Waals surface area contributed by atoms with Crippen molar-refractivity contribution < 1.29 is 57.8 Å². The fraction of sp³-hybridized carbons (Fsp3) is 0.667. The average Bonchev–Trinajstić information content (AvgIpc) is 2.19. The third-order valence-corrected chi connectivity index (χ3v) is 3.56. The molecule has 0 spiro atoms. The number of ether oxygens (including phenoxy) is 1. The van der Waals surface area contributed by atoms with E-state index < -0.39 is 18.9 Å². The van der Waals surface area contributed by atoms with Crippen molar-refractivity contribution in [2.45, 2.75) is 20.8 Å². The zero-order valence-corrected chi connectivity index (χ0v) is 13.5. The van der Waals surface area contributed by atoms with E-state index in [1.807, 2.05) is 0 Å². The van der Waals surface area contributed by atoms with Crippen LogP contribution in [0.5, 0.6) is 0 Å². The third kappa shape index (κ3) is 6.04. The molecule has 0 unspecified atom stereocenters. The van der Waals surface area contributed by atoms with Crippen molar-refractivity contribution in [1.82, 2.24) is 0 Å². The first-order chi connectivity index (χ1) is 7.55. The normalized spacial score (nSPS) is 11.8. The molecule has 0 aromatic heterocycles. The molecule has 6 nitrogen and oxygen atoms in total. The molecule has 0 radical (unpaired) electrons. The van der Waals surface area contributed by atoms with E-state index in [0.717, 1.165) is 0 Å². The van der Waals surface area contributed by atoms with Crippen LogP contribution in [0.25, 0.3) is 0 Å². The van der Waals surface area contributed by atoms with Gasteiger partial charge in [-0.15, -0.1) is 6.26 Å². The quantitative estimate of drug-likeness (QED) is 0.176. The maximum atomic E-state index is 12.0. The Morgan fingerprint density at radius 2 is 1.65 bits per heavy atom. The SMILES string of the molecule is CCOC(=O)C(=C[O-])P(=O)(OCC)OCC.[Na+]. The Balaban J connectivity index is 0. The summed E-state index contributed by atoms with van der Waals surface area (Å²) in [4.78, 5) is 11.3. The van der Waals surface area contributed by atoms with E-state index in [1.54, 1.807) is 20.8 Å². The molecule has 0 N–H and O–H groups in total. The van der Waals surface area contributed by atoms with Crippen LogP contribution in [0.1, 0.15) is 20.8 Å². The van der Waals surface area contributed by atoms with Crippen LogP contribution in [0, 0.1) is 0 Å². The molecule has 0 aromatic carbocycles. The Morgan fingerprint density at radius 3 is 1.94 bits per heavy atom. The van der Waals surface area contributed by atoms with Gasteiger partial charge in [0.1, 0.15) is 5.31 Å². The van der Waals surface area contributed by atoms with E-state index in [4.69, 9.17) is 9.05 Å². The van der Waals surface area contributed by atoms with Crippen LogP contribution in [0.4, 0.5) is 0 Å². The molecule has 0 aliphatic heterocycles. The van der Waals surface area contributed by atoms with Crippen molar-refractivity contribution in [3.05, 3.63) is 11.6 Å². The maximum absolute atomic E-state index is 12.0. The molecule has 0 fully saturated rings. The molecule has 0 amide bonds. The molecule has 0 saturated heterocycles. The first kappa shape index (κ1) is 19.5. The summed E-state index contributed by atoms with van der Waals surface area (Å²) in [7, 11) is -3.84. The molecule has 0 aliphatic carbocycles. The second-order valence-corrected chi connectivity index (χ2v) is 4.55. The summed E-state index contributed by atoms with van der Waals surface area (Å²) < 4.78 is 26.4. The van der Waals surface area contributed by atoms with E-state index in [-0.39, 0.29) is 55.6 Å². The van der Waals surface area contributed by atoms with Crippen molar-refractivity contribution in [3.8, 4) is 0 Å². The van der Waals surface area contributed by atoms with Gasteiger partial charge in [0, 0.05) is 0 Å². The van der Waals surface area contributed by atoms with Gasteiger partial charge in [-0.2, -0.15) is 0 Å². The van der Waals surface area contributed by atoms with Crippen molar-refractivity contribution >= 4 is 13.6 Å². The predicted molar refractivity (Wildman–Crippen MR) is 55.6 cm³/mol. The van der Waals surface area contributed by atoms with Crippen molar-refractivity contribution in [2.24, 2.45) is 0 Å². The number of hydrogen-bond acceptors (Lipinski definition) is 6. The summed E-state index contributed by atoms with van der Waals surface area (Å²) in [6, 6.07) is 0. The largest absolute Gasteiger partial charge is 1.00 e. The zero-order chi connectivity index (χ0) is 12.6. The van der Waals surface area contributed by atoms with Gasteiger partial charge in [0.2, 0.25) is 0 Å². The Kier molecular flexibility index (Phi) is 11.6. The van der Waals surface area contributed by atoms with Crippen molar-refractivity contribution in [3.63, 3.8) is 0 Å². The molecule has 0 aliphatic rings. The van der Waals surface area contributed by atoms with Crippen LogP contribution < -0.4 is 34.7 Å². The van der Waals surface area contributed by atoms with Crippen LogP contribution in [-0.4, -0.2) is 25.8 Å². The van der Waals surface area contributed by atoms with Crippen molar-refractivity contribution in [1.29, 1.82) is 0 Å². The van der Waals surface area contributed by atoms with E-state index in [9.17, 15) is 14.5 Å². The number of carbonyl (C=O) groups is 1. The van der Waals surface area contributed by atoms with Gasteiger partial charge in [0.15, 0.2) is 0 Å². The summed E-state index contributed by atoms with van der Waals surface area (Å²) in [6.07, 6.45) is 0.157. The van der Waals surface area contributed by atoms with Gasteiger partial charge in [-0.1, -0.05) is 0 Å². The minimum Gasteiger partial charge on any atom is -0.877 e. The summed E-state index contributed by atoms with van der Waals surface area (Å²) in [6.45, 7) is 4.95. The summed E-state index contributed by atoms with van der Waals surface area (Å²) in [5.74, 6) is -0.970. The maximum Gasteiger partial charge on any atom is 1.00 e. The Labute approximate surface area is 123 Å². The van der Waals surface area contributed by atoms with Crippen LogP contribution in [-0.2, 0) is 23.1 Å². The first-order valence-corrected chi connectivity index (χ1v) is 6.48. The van der Waals surface area contributed by atoms with Crippen LogP contribution in [0.3, 0.4) is 0 Å². The molecular formula is C9H16NaO6P. The molecule has 94 valence electrons. The Bertz CT molecular complexity index is 294. The molecule has 8 heteroatoms. The van der Waals surface area contributed by atoms with Gasteiger partial charge in [-0.25, -0.2) is 4.79 Å². The first-order valence-electron chi connectivity index (χ1n) is 4.94. The van der Waals surface area contributed by atoms with Gasteiger partial charge in [0.25, 0.3) is 0 Å². The zero-order valence-electron chi connectivity index (χ0n) is 10.6. The number of esters is 1. The van der Waals surface area contributed by atoms with E-state index >= 15 is 0 Å². The van der Waals surface area contributed by atoms with Gasteiger partial charge in [0.05, 0.1) is 19.8 Å². The monoisotopic (exact) mass is 274 g/mol. The van der Waals surface area contributed by atoms with Gasteiger partial charge in [-0.3, -0.25) is 4.57 Å². The standard InChI is InChI=1S/C9H17O6P.Na/c1-4-13-9(11)8(7-10)16(12,14-5-2)15-6-3;/h7,10H,4-6H2,1-3H3;/q;+1/p-1. The molecule has 0 rings (SSSR count). The number of hydrogen-bond donors (Lipinski definition) is 0. The van der Waals surface area contributed by atoms with Crippen LogP contribution >= 0.6 is 7.60 Å². The Hall–Kier alpha value is 0.160. The third-order valence-electron chi connectivity index (χ3n) is 1.49. The minimum absolute atomic E-state index is 0.